The monoisotopic (exact) mass is 508 g/mol. The number of imide groups is 1. The third-order valence-electron chi connectivity index (χ3n) is 10.1. The van der Waals surface area contributed by atoms with Crippen LogP contribution in [-0.4, -0.2) is 76.5 Å². The molecule has 2 saturated heterocycles. The Morgan fingerprint density at radius 2 is 1.64 bits per heavy atom. The zero-order valence-electron chi connectivity index (χ0n) is 20.8. The lowest BCUT2D eigenvalue weighted by atomic mass is 9.78. The van der Waals surface area contributed by atoms with Crippen molar-refractivity contribution in [1.82, 2.24) is 14.2 Å². The highest BCUT2D eigenvalue weighted by molar-refractivity contribution is 7.13. The summed E-state index contributed by atoms with van der Waals surface area (Å²) in [6, 6.07) is 8.49. The van der Waals surface area contributed by atoms with Gasteiger partial charge in [-0.15, -0.1) is 0 Å². The lowest BCUT2D eigenvalue weighted by Gasteiger charge is -2.40. The Kier molecular flexibility index (Phi) is 5.82. The Balaban J connectivity index is 0.988. The molecule has 5 aliphatic rings. The van der Waals surface area contributed by atoms with Crippen molar-refractivity contribution in [2.75, 3.05) is 44.2 Å². The van der Waals surface area contributed by atoms with E-state index in [2.05, 4.69) is 34.1 Å². The Morgan fingerprint density at radius 3 is 2.44 bits per heavy atom. The summed E-state index contributed by atoms with van der Waals surface area (Å²) < 4.78 is 6.00. The van der Waals surface area contributed by atoms with Crippen LogP contribution in [0.25, 0.3) is 10.1 Å². The third kappa shape index (κ3) is 3.71. The number of hydrogen-bond donors (Lipinski definition) is 1. The Hall–Kier alpha value is -2.03. The van der Waals surface area contributed by atoms with Gasteiger partial charge in [0.05, 0.1) is 22.6 Å². The van der Waals surface area contributed by atoms with Crippen LogP contribution in [0.3, 0.4) is 0 Å². The number of aromatic nitrogens is 1. The van der Waals surface area contributed by atoms with E-state index in [1.54, 1.807) is 16.4 Å². The highest BCUT2D eigenvalue weighted by Gasteiger charge is 2.63. The number of amides is 2. The van der Waals surface area contributed by atoms with Gasteiger partial charge in [0.15, 0.2) is 0 Å². The van der Waals surface area contributed by atoms with Gasteiger partial charge in [-0.05, 0) is 73.0 Å². The Morgan fingerprint density at radius 1 is 0.917 bits per heavy atom. The first-order valence-corrected chi connectivity index (χ1v) is 14.7. The summed E-state index contributed by atoms with van der Waals surface area (Å²) in [6.07, 6.45) is 5.90. The second kappa shape index (κ2) is 9.07. The van der Waals surface area contributed by atoms with E-state index >= 15 is 0 Å². The number of piperazine rings is 1. The molecule has 8 heteroatoms. The van der Waals surface area contributed by atoms with E-state index in [9.17, 15) is 14.7 Å². The van der Waals surface area contributed by atoms with E-state index in [1.807, 2.05) is 0 Å². The molecule has 36 heavy (non-hydrogen) atoms. The molecule has 5 fully saturated rings. The molecular formula is C28H36N4O3S. The lowest BCUT2D eigenvalue weighted by Crippen LogP contribution is -2.49. The number of rotatable bonds is 5. The minimum Gasteiger partial charge on any atom is -0.393 e. The number of fused-ring (bicyclic) bond motifs is 6. The summed E-state index contributed by atoms with van der Waals surface area (Å²) in [4.78, 5) is 33.3. The maximum atomic E-state index is 13.3. The van der Waals surface area contributed by atoms with E-state index in [0.717, 1.165) is 51.4 Å². The molecule has 192 valence electrons. The summed E-state index contributed by atoms with van der Waals surface area (Å²) >= 11 is 1.58. The molecule has 2 bridgehead atoms. The molecule has 1 aromatic heterocycles. The van der Waals surface area contributed by atoms with Crippen molar-refractivity contribution < 1.29 is 14.7 Å². The number of nitrogens with zero attached hydrogens (tertiary/aromatic N) is 4. The van der Waals surface area contributed by atoms with Gasteiger partial charge in [0.1, 0.15) is 5.82 Å². The van der Waals surface area contributed by atoms with Gasteiger partial charge in [0, 0.05) is 44.7 Å². The number of aliphatic hydroxyl groups excluding tert-OH is 1. The summed E-state index contributed by atoms with van der Waals surface area (Å²) in [5.41, 5.74) is 0. The van der Waals surface area contributed by atoms with Gasteiger partial charge in [-0.3, -0.25) is 19.4 Å². The van der Waals surface area contributed by atoms with E-state index < -0.39 is 6.10 Å². The molecule has 2 amide bonds. The molecule has 7 nitrogen and oxygen atoms in total. The van der Waals surface area contributed by atoms with Crippen LogP contribution in [-0.2, 0) is 9.59 Å². The number of aliphatic hydroxyl groups is 1. The molecule has 0 spiro atoms. The molecule has 7 rings (SSSR count). The number of anilines is 1. The molecule has 2 aromatic rings. The summed E-state index contributed by atoms with van der Waals surface area (Å²) in [5.74, 6) is 1.97. The lowest BCUT2D eigenvalue weighted by molar-refractivity contribution is -0.142. The first-order valence-electron chi connectivity index (χ1n) is 13.9. The average molecular weight is 509 g/mol. The average Bonchev–Trinajstić information content (AvgIpc) is 3.64. The smallest absolute Gasteiger partial charge is 0.233 e. The van der Waals surface area contributed by atoms with E-state index in [-0.39, 0.29) is 35.5 Å². The second-order valence-electron chi connectivity index (χ2n) is 11.9. The summed E-state index contributed by atoms with van der Waals surface area (Å²) in [6.45, 7) is 5.69. The molecule has 3 saturated carbocycles. The van der Waals surface area contributed by atoms with Crippen LogP contribution < -0.4 is 4.90 Å². The fourth-order valence-corrected chi connectivity index (χ4v) is 9.04. The quantitative estimate of drug-likeness (QED) is 0.625. The zero-order chi connectivity index (χ0) is 24.4. The van der Waals surface area contributed by atoms with Gasteiger partial charge in [-0.2, -0.15) is 4.37 Å². The van der Waals surface area contributed by atoms with Gasteiger partial charge >= 0.3 is 0 Å². The number of hydrogen-bond acceptors (Lipinski definition) is 7. The van der Waals surface area contributed by atoms with Crippen molar-refractivity contribution in [2.45, 2.75) is 44.6 Å². The molecule has 1 aromatic carbocycles. The molecule has 3 aliphatic carbocycles. The fraction of sp³-hybridized carbons (Fsp3) is 0.679. The van der Waals surface area contributed by atoms with Crippen LogP contribution in [0.4, 0.5) is 5.82 Å². The van der Waals surface area contributed by atoms with Crippen LogP contribution in [0.5, 0.6) is 0 Å². The number of benzene rings is 1. The van der Waals surface area contributed by atoms with E-state index in [4.69, 9.17) is 4.37 Å². The standard InChI is InChI=1S/C28H36N4O3S/c33-22-14-19-13-21(22)25-24(19)27(34)32(28(25)35)16-18-6-2-1-5-17(18)15-30-9-11-31(12-10-30)26-20-7-3-4-8-23(20)36-29-26/h3-4,7-8,17-19,21-22,24-25,33H,1-2,5-6,9-16H2/t17-,18-,19-,21+,22+,24+,25-/m0/s1. The normalized spacial score (nSPS) is 36.9. The van der Waals surface area contributed by atoms with Crippen LogP contribution in [0.2, 0.25) is 0 Å². The van der Waals surface area contributed by atoms with Crippen molar-refractivity contribution in [1.29, 1.82) is 0 Å². The fourth-order valence-electron chi connectivity index (χ4n) is 8.24. The second-order valence-corrected chi connectivity index (χ2v) is 12.7. The van der Waals surface area contributed by atoms with Crippen LogP contribution in [0, 0.1) is 35.5 Å². The van der Waals surface area contributed by atoms with Crippen molar-refractivity contribution in [3.05, 3.63) is 24.3 Å². The highest BCUT2D eigenvalue weighted by Crippen LogP contribution is 2.56. The van der Waals surface area contributed by atoms with Crippen molar-refractivity contribution >= 4 is 39.3 Å². The predicted octanol–water partition coefficient (Wildman–Crippen LogP) is 3.23. The van der Waals surface area contributed by atoms with Gasteiger partial charge < -0.3 is 10.0 Å². The molecule has 1 N–H and O–H groups in total. The van der Waals surface area contributed by atoms with Crippen LogP contribution in [0.1, 0.15) is 38.5 Å². The number of carbonyl (C=O) groups is 2. The SMILES string of the molecule is O=C1[C@@H]2[C@H]3C[C@@H]([C@@H]2C(=O)N1C[C@@H]1CCCC[C@H]1CN1CCN(c2nsc4ccccc24)CC1)[C@H](O)C3. The summed E-state index contributed by atoms with van der Waals surface area (Å²) in [7, 11) is 0. The largest absolute Gasteiger partial charge is 0.393 e. The van der Waals surface area contributed by atoms with E-state index in [1.165, 1.54) is 29.3 Å². The molecule has 0 radical (unpaired) electrons. The number of carbonyl (C=O) groups excluding carboxylic acids is 2. The van der Waals surface area contributed by atoms with Crippen molar-refractivity contribution in [3.63, 3.8) is 0 Å². The van der Waals surface area contributed by atoms with Gasteiger partial charge in [-0.25, -0.2) is 0 Å². The van der Waals surface area contributed by atoms with Crippen molar-refractivity contribution in [2.24, 2.45) is 35.5 Å². The Labute approximate surface area is 216 Å². The topological polar surface area (TPSA) is 77.0 Å². The molecular weight excluding hydrogens is 472 g/mol. The molecule has 0 unspecified atom stereocenters. The minimum absolute atomic E-state index is 0.00901. The molecule has 7 atom stereocenters. The first kappa shape index (κ1) is 23.1. The maximum absolute atomic E-state index is 13.3. The maximum Gasteiger partial charge on any atom is 0.233 e. The predicted molar refractivity (Wildman–Crippen MR) is 140 cm³/mol. The van der Waals surface area contributed by atoms with Gasteiger partial charge in [-0.1, -0.05) is 25.0 Å². The number of likely N-dealkylation sites (tertiary alicyclic amines) is 1. The van der Waals surface area contributed by atoms with Crippen molar-refractivity contribution in [3.8, 4) is 0 Å². The van der Waals surface area contributed by atoms with E-state index in [0.29, 0.717) is 24.8 Å². The zero-order valence-corrected chi connectivity index (χ0v) is 21.6. The van der Waals surface area contributed by atoms with Gasteiger partial charge in [0.25, 0.3) is 0 Å². The first-order chi connectivity index (χ1) is 17.6. The Bertz CT molecular complexity index is 1160. The van der Waals surface area contributed by atoms with Gasteiger partial charge in [0.2, 0.25) is 11.8 Å². The summed E-state index contributed by atoms with van der Waals surface area (Å²) in [5, 5.41) is 11.6. The molecule has 3 heterocycles. The van der Waals surface area contributed by atoms with Crippen LogP contribution >= 0.6 is 11.5 Å². The van der Waals surface area contributed by atoms with Crippen LogP contribution in [0.15, 0.2) is 24.3 Å². The minimum atomic E-state index is -0.392. The highest BCUT2D eigenvalue weighted by atomic mass is 32.1. The third-order valence-corrected chi connectivity index (χ3v) is 10.9. The molecule has 2 aliphatic heterocycles.